The number of anilines is 1. The van der Waals surface area contributed by atoms with E-state index < -0.39 is 47.4 Å². The van der Waals surface area contributed by atoms with Crippen LogP contribution in [-0.4, -0.2) is 64.7 Å². The average molecular weight is 543 g/mol. The third-order valence-electron chi connectivity index (χ3n) is 7.40. The van der Waals surface area contributed by atoms with Crippen LogP contribution in [0.2, 0.25) is 22.2 Å². The number of fused-ring (bicyclic) bond motifs is 1. The van der Waals surface area contributed by atoms with Crippen LogP contribution in [0, 0.1) is 0 Å². The van der Waals surface area contributed by atoms with E-state index in [2.05, 4.69) is 60.4 Å². The van der Waals surface area contributed by atoms with Gasteiger partial charge in [-0.25, -0.2) is 4.79 Å². The Morgan fingerprint density at radius 1 is 1.08 bits per heavy atom. The monoisotopic (exact) mass is 542 g/mol. The first-order valence-corrected chi connectivity index (χ1v) is 17.2. The van der Waals surface area contributed by atoms with Gasteiger partial charge >= 0.3 is 22.8 Å². The summed E-state index contributed by atoms with van der Waals surface area (Å²) in [6.07, 6.45) is 0.0757. The smallest absolute Gasteiger partial charge is 0.351 e. The first-order valence-electron chi connectivity index (χ1n) is 13.2. The molecule has 0 amide bonds. The van der Waals surface area contributed by atoms with E-state index in [0.717, 1.165) is 0 Å². The number of hydrogen-bond donors (Lipinski definition) is 2. The van der Waals surface area contributed by atoms with E-state index in [1.54, 1.807) is 12.3 Å². The highest BCUT2D eigenvalue weighted by Gasteiger charge is 2.62. The third-order valence-corrected chi connectivity index (χ3v) is 17.6. The summed E-state index contributed by atoms with van der Waals surface area (Å²) in [5, 5.41) is 0. The Bertz CT molecular complexity index is 912. The summed E-state index contributed by atoms with van der Waals surface area (Å²) in [4.78, 5) is 16.7. The standard InChI is InChI=1S/C24H46N4O6Si2/c1-15(2)35(16(3)4)31-14-19-21(33-36(34-35,17(5)6)18(7)8)22(30-13-9-11-25)23(32-19)28-12-10-20(26)27-24(28)29/h10,12,15-19,21-23H,9,11,13-14,25H2,1-8H3,(H2,26,27,29)/t19-,21-,22-,23-/m1/s1. The number of aromatic nitrogens is 2. The molecule has 10 nitrogen and oxygen atoms in total. The molecule has 0 saturated carbocycles. The summed E-state index contributed by atoms with van der Waals surface area (Å²) in [6.45, 7) is 18.6. The molecule has 4 atom stereocenters. The molecule has 3 rings (SSSR count). The van der Waals surface area contributed by atoms with Crippen LogP contribution in [-0.2, 0) is 22.4 Å². The topological polar surface area (TPSA) is 133 Å². The van der Waals surface area contributed by atoms with Gasteiger partial charge in [0.1, 0.15) is 24.1 Å². The lowest BCUT2D eigenvalue weighted by atomic mass is 10.1. The van der Waals surface area contributed by atoms with Crippen LogP contribution < -0.4 is 17.2 Å². The minimum Gasteiger partial charge on any atom is -0.414 e. The highest BCUT2D eigenvalue weighted by molar-refractivity contribution is 6.83. The van der Waals surface area contributed by atoms with Crippen molar-refractivity contribution in [2.45, 2.75) is 109 Å². The predicted octanol–water partition coefficient (Wildman–Crippen LogP) is 3.41. The molecule has 12 heteroatoms. The van der Waals surface area contributed by atoms with Crippen molar-refractivity contribution in [2.24, 2.45) is 5.73 Å². The second kappa shape index (κ2) is 11.7. The number of hydrogen-bond acceptors (Lipinski definition) is 9. The molecule has 2 fully saturated rings. The molecule has 0 unspecified atom stereocenters. The SMILES string of the molecule is CC(C)[Si]1(C(C)C)OC[C@H]2O[C@@H](n3ccc(N)nc3=O)[C@H](OCCCN)[C@@H]2O[Si](C(C)C)(C(C)C)O1. The Morgan fingerprint density at radius 3 is 2.22 bits per heavy atom. The molecule has 1 aromatic rings. The van der Waals surface area contributed by atoms with E-state index in [1.807, 2.05) is 0 Å². The van der Waals surface area contributed by atoms with Gasteiger partial charge in [-0.1, -0.05) is 55.4 Å². The predicted molar refractivity (Wildman–Crippen MR) is 144 cm³/mol. The Hall–Kier alpha value is -1.13. The maximum Gasteiger partial charge on any atom is 0.351 e. The fourth-order valence-corrected chi connectivity index (χ4v) is 16.7. The first kappa shape index (κ1) is 29.4. The lowest BCUT2D eigenvalue weighted by Crippen LogP contribution is -2.66. The third kappa shape index (κ3) is 5.51. The molecule has 0 aliphatic carbocycles. The summed E-state index contributed by atoms with van der Waals surface area (Å²) in [5.41, 5.74) is 11.7. The van der Waals surface area contributed by atoms with Crippen molar-refractivity contribution in [3.63, 3.8) is 0 Å². The molecule has 2 aliphatic rings. The van der Waals surface area contributed by atoms with Crippen molar-refractivity contribution in [3.05, 3.63) is 22.7 Å². The average Bonchev–Trinajstić information content (AvgIpc) is 3.09. The van der Waals surface area contributed by atoms with E-state index in [9.17, 15) is 4.79 Å². The van der Waals surface area contributed by atoms with E-state index in [4.69, 9.17) is 33.9 Å². The van der Waals surface area contributed by atoms with E-state index in [-0.39, 0.29) is 28.0 Å². The van der Waals surface area contributed by atoms with Gasteiger partial charge < -0.3 is 33.9 Å². The first-order chi connectivity index (χ1) is 16.9. The summed E-state index contributed by atoms with van der Waals surface area (Å²) in [5.74, 6) is 0.157. The van der Waals surface area contributed by atoms with Crippen molar-refractivity contribution < 1.29 is 22.4 Å². The maximum absolute atomic E-state index is 12.8. The second-order valence-electron chi connectivity index (χ2n) is 11.1. The van der Waals surface area contributed by atoms with Crippen molar-refractivity contribution >= 4 is 22.9 Å². The van der Waals surface area contributed by atoms with Crippen molar-refractivity contribution in [2.75, 3.05) is 25.5 Å². The molecule has 4 N–H and O–H groups in total. The van der Waals surface area contributed by atoms with Crippen molar-refractivity contribution in [1.29, 1.82) is 0 Å². The Labute approximate surface area is 217 Å². The van der Waals surface area contributed by atoms with Crippen LogP contribution in [0.4, 0.5) is 5.82 Å². The lowest BCUT2D eigenvalue weighted by molar-refractivity contribution is -0.0732. The number of ether oxygens (including phenoxy) is 2. The number of rotatable bonds is 9. The summed E-state index contributed by atoms with van der Waals surface area (Å²) in [7, 11) is -5.59. The normalized spacial score (nSPS) is 28.0. The molecule has 1 aromatic heterocycles. The molecule has 0 bridgehead atoms. The number of nitrogens with zero attached hydrogens (tertiary/aromatic N) is 2. The molecule has 0 spiro atoms. The van der Waals surface area contributed by atoms with Crippen molar-refractivity contribution in [3.8, 4) is 0 Å². The highest BCUT2D eigenvalue weighted by Crippen LogP contribution is 2.48. The van der Waals surface area contributed by atoms with Gasteiger partial charge in [0.25, 0.3) is 0 Å². The Morgan fingerprint density at radius 2 is 1.69 bits per heavy atom. The summed E-state index contributed by atoms with van der Waals surface area (Å²) in [6, 6.07) is 1.58. The molecule has 2 saturated heterocycles. The van der Waals surface area contributed by atoms with E-state index in [1.165, 1.54) is 4.57 Å². The summed E-state index contributed by atoms with van der Waals surface area (Å²) < 4.78 is 35.6. The van der Waals surface area contributed by atoms with Gasteiger partial charge in [-0.05, 0) is 41.2 Å². The fraction of sp³-hybridized carbons (Fsp3) is 0.833. The number of nitrogen functional groups attached to an aromatic ring is 1. The largest absolute Gasteiger partial charge is 0.414 e. The molecule has 3 heterocycles. The van der Waals surface area contributed by atoms with Crippen LogP contribution in [0.3, 0.4) is 0 Å². The molecule has 0 aromatic carbocycles. The van der Waals surface area contributed by atoms with Gasteiger partial charge in [0.05, 0.1) is 6.61 Å². The van der Waals surface area contributed by atoms with Crippen LogP contribution in [0.25, 0.3) is 0 Å². The van der Waals surface area contributed by atoms with Crippen LogP contribution in [0.15, 0.2) is 17.1 Å². The van der Waals surface area contributed by atoms with Gasteiger partial charge in [-0.15, -0.1) is 0 Å². The zero-order valence-corrected chi connectivity index (χ0v) is 25.1. The fourth-order valence-electron chi connectivity index (χ4n) is 5.45. The number of nitrogens with two attached hydrogens (primary N) is 2. The molecular weight excluding hydrogens is 496 g/mol. The zero-order valence-electron chi connectivity index (χ0n) is 23.1. The van der Waals surface area contributed by atoms with Crippen molar-refractivity contribution in [1.82, 2.24) is 9.55 Å². The van der Waals surface area contributed by atoms with Gasteiger partial charge in [-0.2, -0.15) is 4.98 Å². The molecule has 2 aliphatic heterocycles. The van der Waals surface area contributed by atoms with Gasteiger partial charge in [0.15, 0.2) is 6.23 Å². The molecule has 206 valence electrons. The van der Waals surface area contributed by atoms with Crippen LogP contribution in [0.5, 0.6) is 0 Å². The minimum absolute atomic E-state index is 0.157. The van der Waals surface area contributed by atoms with Crippen LogP contribution in [0.1, 0.15) is 68.0 Å². The molecular formula is C24H46N4O6Si2. The zero-order chi connectivity index (χ0) is 26.8. The van der Waals surface area contributed by atoms with Gasteiger partial charge in [0.2, 0.25) is 0 Å². The Balaban J connectivity index is 2.12. The molecule has 36 heavy (non-hydrogen) atoms. The van der Waals surface area contributed by atoms with Crippen LogP contribution >= 0.6 is 0 Å². The Kier molecular flexibility index (Phi) is 9.59. The molecule has 0 radical (unpaired) electrons. The highest BCUT2D eigenvalue weighted by atomic mass is 28.5. The summed E-state index contributed by atoms with van der Waals surface area (Å²) >= 11 is 0. The van der Waals surface area contributed by atoms with E-state index >= 15 is 0 Å². The maximum atomic E-state index is 12.8. The lowest BCUT2D eigenvalue weighted by Gasteiger charge is -2.51. The van der Waals surface area contributed by atoms with E-state index in [0.29, 0.717) is 26.2 Å². The van der Waals surface area contributed by atoms with Gasteiger partial charge in [0, 0.05) is 12.8 Å². The second-order valence-corrected chi connectivity index (χ2v) is 20.0. The van der Waals surface area contributed by atoms with Gasteiger partial charge in [-0.3, -0.25) is 4.57 Å². The quantitative estimate of drug-likeness (QED) is 0.356. The minimum atomic E-state index is -2.88.